The SMILES string of the molecule is CCCCCCCCCCCN(CCCCCCCC)CCCNc1c(C)c(=O)c1=O. The summed E-state index contributed by atoms with van der Waals surface area (Å²) >= 11 is 0. The van der Waals surface area contributed by atoms with E-state index >= 15 is 0 Å². The summed E-state index contributed by atoms with van der Waals surface area (Å²) in [5, 5.41) is 3.18. The van der Waals surface area contributed by atoms with Gasteiger partial charge in [0.15, 0.2) is 0 Å². The van der Waals surface area contributed by atoms with E-state index in [0.29, 0.717) is 11.3 Å². The van der Waals surface area contributed by atoms with E-state index in [1.165, 1.54) is 109 Å². The maximum absolute atomic E-state index is 11.6. The third-order valence-corrected chi connectivity index (χ3v) is 6.51. The molecular weight excluding hydrogens is 384 g/mol. The first-order chi connectivity index (χ1) is 15.1. The molecule has 1 N–H and O–H groups in total. The van der Waals surface area contributed by atoms with Crippen LogP contribution in [-0.2, 0) is 0 Å². The van der Waals surface area contributed by atoms with Gasteiger partial charge in [-0.3, -0.25) is 9.59 Å². The second kappa shape index (κ2) is 18.4. The van der Waals surface area contributed by atoms with Crippen molar-refractivity contribution in [3.8, 4) is 0 Å². The lowest BCUT2D eigenvalue weighted by Gasteiger charge is -2.23. The Morgan fingerprint density at radius 3 is 1.45 bits per heavy atom. The summed E-state index contributed by atoms with van der Waals surface area (Å²) in [5.41, 5.74) is 0.490. The Hall–Kier alpha value is -1.16. The first-order valence-electron chi connectivity index (χ1n) is 13.4. The molecule has 0 saturated carbocycles. The highest BCUT2D eigenvalue weighted by Gasteiger charge is 2.15. The van der Waals surface area contributed by atoms with Crippen molar-refractivity contribution in [2.24, 2.45) is 0 Å². The van der Waals surface area contributed by atoms with Crippen LogP contribution in [0.15, 0.2) is 9.59 Å². The van der Waals surface area contributed by atoms with Crippen LogP contribution in [0.3, 0.4) is 0 Å². The van der Waals surface area contributed by atoms with Crippen LogP contribution in [0.5, 0.6) is 0 Å². The fourth-order valence-electron chi connectivity index (χ4n) is 4.33. The largest absolute Gasteiger partial charge is 0.381 e. The Balaban J connectivity index is 2.20. The van der Waals surface area contributed by atoms with E-state index in [1.54, 1.807) is 6.92 Å². The van der Waals surface area contributed by atoms with Gasteiger partial charge >= 0.3 is 0 Å². The molecule has 4 heteroatoms. The molecule has 1 rings (SSSR count). The van der Waals surface area contributed by atoms with Gasteiger partial charge in [0.05, 0.1) is 5.69 Å². The zero-order chi connectivity index (χ0) is 22.7. The maximum Gasteiger partial charge on any atom is 0.249 e. The first-order valence-corrected chi connectivity index (χ1v) is 13.4. The number of anilines is 1. The lowest BCUT2D eigenvalue weighted by atomic mass is 10.1. The van der Waals surface area contributed by atoms with Crippen LogP contribution in [0.1, 0.15) is 122 Å². The third-order valence-electron chi connectivity index (χ3n) is 6.51. The van der Waals surface area contributed by atoms with E-state index in [1.807, 2.05) is 0 Å². The van der Waals surface area contributed by atoms with E-state index in [2.05, 4.69) is 24.1 Å². The molecule has 180 valence electrons. The summed E-state index contributed by atoms with van der Waals surface area (Å²) in [7, 11) is 0. The van der Waals surface area contributed by atoms with Crippen LogP contribution in [-0.4, -0.2) is 31.1 Å². The van der Waals surface area contributed by atoms with E-state index < -0.39 is 0 Å². The lowest BCUT2D eigenvalue weighted by Crippen LogP contribution is -2.37. The van der Waals surface area contributed by atoms with E-state index in [9.17, 15) is 9.59 Å². The summed E-state index contributed by atoms with van der Waals surface area (Å²) in [6, 6.07) is 0. The Morgan fingerprint density at radius 1 is 0.581 bits per heavy atom. The van der Waals surface area contributed by atoms with Gasteiger partial charge in [-0.2, -0.15) is 0 Å². The van der Waals surface area contributed by atoms with Gasteiger partial charge in [0.1, 0.15) is 0 Å². The van der Waals surface area contributed by atoms with Crippen LogP contribution in [0.2, 0.25) is 0 Å². The summed E-state index contributed by atoms with van der Waals surface area (Å²) in [5.74, 6) is 0. The van der Waals surface area contributed by atoms with Crippen molar-refractivity contribution in [3.63, 3.8) is 0 Å². The Labute approximate surface area is 191 Å². The average Bonchev–Trinajstić information content (AvgIpc) is 2.78. The van der Waals surface area contributed by atoms with Crippen LogP contribution < -0.4 is 16.2 Å². The molecule has 0 unspecified atom stereocenters. The molecule has 0 fully saturated rings. The minimum absolute atomic E-state index is 0.322. The predicted molar refractivity (Wildman–Crippen MR) is 136 cm³/mol. The molecule has 0 spiro atoms. The highest BCUT2D eigenvalue weighted by molar-refractivity contribution is 5.55. The van der Waals surface area contributed by atoms with Gasteiger partial charge in [-0.1, -0.05) is 97.3 Å². The number of nitrogens with one attached hydrogen (secondary N) is 1. The fraction of sp³-hybridized carbons (Fsp3) is 0.852. The Bertz CT molecular complexity index is 619. The molecule has 0 amide bonds. The summed E-state index contributed by atoms with van der Waals surface area (Å²) in [6.07, 6.45) is 21.4. The number of hydrogen-bond acceptors (Lipinski definition) is 4. The molecule has 0 aliphatic rings. The topological polar surface area (TPSA) is 49.4 Å². The Kier molecular flexibility index (Phi) is 16.6. The molecule has 0 radical (unpaired) electrons. The van der Waals surface area contributed by atoms with E-state index in [-0.39, 0.29) is 10.9 Å². The van der Waals surface area contributed by atoms with Gasteiger partial charge in [0.2, 0.25) is 10.9 Å². The van der Waals surface area contributed by atoms with Gasteiger partial charge in [-0.25, -0.2) is 0 Å². The molecule has 0 bridgehead atoms. The maximum atomic E-state index is 11.6. The normalized spacial score (nSPS) is 11.6. The minimum atomic E-state index is -0.337. The van der Waals surface area contributed by atoms with Gasteiger partial charge in [0.25, 0.3) is 0 Å². The predicted octanol–water partition coefficient (Wildman–Crippen LogP) is 6.59. The number of nitrogens with zero attached hydrogens (tertiary/aromatic N) is 1. The highest BCUT2D eigenvalue weighted by Crippen LogP contribution is 2.12. The Morgan fingerprint density at radius 2 is 1.00 bits per heavy atom. The molecule has 0 aliphatic carbocycles. The van der Waals surface area contributed by atoms with Crippen molar-refractivity contribution in [2.75, 3.05) is 31.5 Å². The summed E-state index contributed by atoms with van der Waals surface area (Å²) in [6.45, 7) is 10.5. The number of unbranched alkanes of at least 4 members (excludes halogenated alkanes) is 13. The fourth-order valence-corrected chi connectivity index (χ4v) is 4.33. The first kappa shape index (κ1) is 27.9. The quantitative estimate of drug-likeness (QED) is 0.165. The molecule has 4 nitrogen and oxygen atoms in total. The second-order valence-electron chi connectivity index (χ2n) is 9.38. The molecule has 1 aromatic rings. The van der Waals surface area contributed by atoms with Crippen molar-refractivity contribution in [1.82, 2.24) is 4.90 Å². The molecule has 0 atom stereocenters. The zero-order valence-corrected chi connectivity index (χ0v) is 20.9. The number of rotatable bonds is 22. The molecular formula is C27H50N2O2. The molecule has 0 aliphatic heterocycles. The summed E-state index contributed by atoms with van der Waals surface area (Å²) < 4.78 is 0. The molecule has 0 heterocycles. The standard InChI is InChI=1S/C27H50N2O2/c1-4-6-8-10-12-13-14-16-18-22-29(21-17-15-11-9-7-5-2)23-19-20-28-25-24(3)26(30)27(25)31/h28H,4-23H2,1-3H3. The smallest absolute Gasteiger partial charge is 0.249 e. The molecule has 31 heavy (non-hydrogen) atoms. The van der Waals surface area contributed by atoms with Crippen molar-refractivity contribution < 1.29 is 0 Å². The van der Waals surface area contributed by atoms with Gasteiger partial charge < -0.3 is 10.2 Å². The van der Waals surface area contributed by atoms with E-state index in [0.717, 1.165) is 19.5 Å². The molecule has 1 aromatic carbocycles. The lowest BCUT2D eigenvalue weighted by molar-refractivity contribution is 0.259. The summed E-state index contributed by atoms with van der Waals surface area (Å²) in [4.78, 5) is 25.5. The van der Waals surface area contributed by atoms with Gasteiger partial charge in [-0.15, -0.1) is 0 Å². The van der Waals surface area contributed by atoms with Crippen molar-refractivity contribution >= 4 is 5.69 Å². The van der Waals surface area contributed by atoms with Crippen LogP contribution in [0, 0.1) is 6.92 Å². The van der Waals surface area contributed by atoms with Gasteiger partial charge in [-0.05, 0) is 45.8 Å². The monoisotopic (exact) mass is 434 g/mol. The van der Waals surface area contributed by atoms with Crippen molar-refractivity contribution in [1.29, 1.82) is 0 Å². The van der Waals surface area contributed by atoms with Crippen LogP contribution in [0.25, 0.3) is 0 Å². The minimum Gasteiger partial charge on any atom is -0.381 e. The molecule has 0 saturated heterocycles. The van der Waals surface area contributed by atoms with Crippen molar-refractivity contribution in [2.45, 2.75) is 124 Å². The zero-order valence-electron chi connectivity index (χ0n) is 20.9. The third kappa shape index (κ3) is 12.5. The molecule has 0 aromatic heterocycles. The number of hydrogen-bond donors (Lipinski definition) is 1. The second-order valence-corrected chi connectivity index (χ2v) is 9.38. The van der Waals surface area contributed by atoms with Crippen LogP contribution in [0.4, 0.5) is 5.69 Å². The average molecular weight is 435 g/mol. The van der Waals surface area contributed by atoms with Gasteiger partial charge in [0, 0.05) is 12.1 Å². The highest BCUT2D eigenvalue weighted by atomic mass is 16.2. The van der Waals surface area contributed by atoms with E-state index in [4.69, 9.17) is 0 Å². The van der Waals surface area contributed by atoms with Crippen LogP contribution >= 0.6 is 0 Å². The van der Waals surface area contributed by atoms with Crippen molar-refractivity contribution in [3.05, 3.63) is 26.0 Å².